The number of fused-ring (bicyclic) bond motifs is 5. The third-order valence-corrected chi connectivity index (χ3v) is 6.93. The molecule has 2 nitrogen and oxygen atoms in total. The van der Waals surface area contributed by atoms with Crippen LogP contribution in [0.4, 0.5) is 0 Å². The van der Waals surface area contributed by atoms with Gasteiger partial charge in [0.2, 0.25) is 0 Å². The maximum atomic E-state index is 9.92. The summed E-state index contributed by atoms with van der Waals surface area (Å²) in [5.74, 6) is -0.358. The fraction of sp³-hybridized carbons (Fsp3) is 0.684. The van der Waals surface area contributed by atoms with Crippen LogP contribution >= 0.6 is 0 Å². The van der Waals surface area contributed by atoms with Crippen molar-refractivity contribution in [3.05, 3.63) is 35.5 Å². The van der Waals surface area contributed by atoms with E-state index in [2.05, 4.69) is 32.1 Å². The van der Waals surface area contributed by atoms with E-state index >= 15 is 0 Å². The quantitative estimate of drug-likeness (QED) is 0.526. The van der Waals surface area contributed by atoms with Crippen LogP contribution in [0.15, 0.2) is 35.5 Å². The molecule has 2 saturated carbocycles. The van der Waals surface area contributed by atoms with E-state index in [0.717, 1.165) is 5.92 Å². The van der Waals surface area contributed by atoms with Crippen molar-refractivity contribution in [2.45, 2.75) is 58.2 Å². The molecule has 0 spiro atoms. The summed E-state index contributed by atoms with van der Waals surface area (Å²) >= 11 is 0. The van der Waals surface area contributed by atoms with Crippen molar-refractivity contribution in [2.24, 2.45) is 22.7 Å². The lowest BCUT2D eigenvalue weighted by atomic mass is 9.52. The molecule has 0 amide bonds. The molecule has 0 radical (unpaired) electrons. The van der Waals surface area contributed by atoms with Gasteiger partial charge in [-0.25, -0.2) is 0 Å². The Morgan fingerprint density at radius 3 is 2.62 bits per heavy atom. The highest BCUT2D eigenvalue weighted by Crippen LogP contribution is 2.62. The van der Waals surface area contributed by atoms with Crippen LogP contribution < -0.4 is 0 Å². The summed E-state index contributed by atoms with van der Waals surface area (Å²) in [6.45, 7) is 4.77. The Balaban J connectivity index is 1.78. The van der Waals surface area contributed by atoms with Crippen molar-refractivity contribution >= 4 is 0 Å². The van der Waals surface area contributed by atoms with E-state index in [1.165, 1.54) is 37.7 Å². The van der Waals surface area contributed by atoms with Gasteiger partial charge in [-0.15, -0.1) is 0 Å². The number of hydrogen-bond acceptors (Lipinski definition) is 2. The third-order valence-electron chi connectivity index (χ3n) is 6.93. The predicted octanol–water partition coefficient (Wildman–Crippen LogP) is 3.72. The van der Waals surface area contributed by atoms with Crippen LogP contribution in [-0.4, -0.2) is 16.0 Å². The van der Waals surface area contributed by atoms with Gasteiger partial charge < -0.3 is 10.2 Å². The molecule has 0 aromatic heterocycles. The summed E-state index contributed by atoms with van der Waals surface area (Å²) in [6, 6.07) is 0. The number of hydrogen-bond donors (Lipinski definition) is 2. The average Bonchev–Trinajstić information content (AvgIpc) is 2.81. The molecule has 2 fully saturated rings. The molecule has 0 aromatic carbocycles. The van der Waals surface area contributed by atoms with Crippen LogP contribution in [0.2, 0.25) is 0 Å². The largest absolute Gasteiger partial charge is 0.362 e. The van der Waals surface area contributed by atoms with Gasteiger partial charge in [0.15, 0.2) is 5.79 Å². The molecule has 0 aliphatic heterocycles. The Hall–Kier alpha value is -0.860. The molecule has 0 heterocycles. The Morgan fingerprint density at radius 2 is 1.81 bits per heavy atom. The van der Waals surface area contributed by atoms with Gasteiger partial charge in [0.05, 0.1) is 0 Å². The van der Waals surface area contributed by atoms with Gasteiger partial charge in [0.25, 0.3) is 0 Å². The van der Waals surface area contributed by atoms with Gasteiger partial charge in [0, 0.05) is 11.8 Å². The van der Waals surface area contributed by atoms with Crippen LogP contribution in [0.3, 0.4) is 0 Å². The molecule has 0 bridgehead atoms. The lowest BCUT2D eigenvalue weighted by Crippen LogP contribution is -2.45. The Bertz CT molecular complexity index is 568. The maximum Gasteiger partial charge on any atom is 0.186 e. The van der Waals surface area contributed by atoms with Crippen LogP contribution in [0, 0.1) is 22.7 Å². The third kappa shape index (κ3) is 1.85. The second-order valence-corrected chi connectivity index (χ2v) is 8.22. The summed E-state index contributed by atoms with van der Waals surface area (Å²) in [4.78, 5) is 0. The zero-order valence-corrected chi connectivity index (χ0v) is 13.1. The lowest BCUT2D eigenvalue weighted by Gasteiger charge is -2.52. The molecule has 4 atom stereocenters. The van der Waals surface area contributed by atoms with Gasteiger partial charge in [-0.05, 0) is 49.0 Å². The molecule has 114 valence electrons. The fourth-order valence-electron chi connectivity index (χ4n) is 5.58. The van der Waals surface area contributed by atoms with Crippen molar-refractivity contribution in [3.63, 3.8) is 0 Å². The van der Waals surface area contributed by atoms with E-state index in [0.29, 0.717) is 17.8 Å². The summed E-state index contributed by atoms with van der Waals surface area (Å²) in [5.41, 5.74) is 3.33. The van der Waals surface area contributed by atoms with Gasteiger partial charge in [-0.1, -0.05) is 49.6 Å². The second kappa shape index (κ2) is 4.11. The van der Waals surface area contributed by atoms with E-state index in [-0.39, 0.29) is 5.41 Å². The Labute approximate surface area is 127 Å². The zero-order chi connectivity index (χ0) is 14.9. The molecule has 4 rings (SSSR count). The monoisotopic (exact) mass is 286 g/mol. The highest BCUT2D eigenvalue weighted by atomic mass is 16.5. The molecule has 4 aliphatic carbocycles. The van der Waals surface area contributed by atoms with E-state index in [1.807, 2.05) is 0 Å². The first-order valence-electron chi connectivity index (χ1n) is 8.40. The van der Waals surface area contributed by atoms with Gasteiger partial charge in [0.1, 0.15) is 0 Å². The Morgan fingerprint density at radius 1 is 1.00 bits per heavy atom. The van der Waals surface area contributed by atoms with Crippen LogP contribution in [0.5, 0.6) is 0 Å². The van der Waals surface area contributed by atoms with Gasteiger partial charge in [-0.3, -0.25) is 0 Å². The first-order valence-corrected chi connectivity index (χ1v) is 8.40. The number of aliphatic hydroxyl groups is 2. The summed E-state index contributed by atoms with van der Waals surface area (Å²) in [6.07, 6.45) is 15.2. The van der Waals surface area contributed by atoms with Crippen molar-refractivity contribution in [2.75, 3.05) is 0 Å². The second-order valence-electron chi connectivity index (χ2n) is 8.22. The highest BCUT2D eigenvalue weighted by molar-refractivity contribution is 5.43. The van der Waals surface area contributed by atoms with Crippen LogP contribution in [0.25, 0.3) is 0 Å². The highest BCUT2D eigenvalue weighted by Gasteiger charge is 2.53. The average molecular weight is 286 g/mol. The molecule has 0 aromatic rings. The van der Waals surface area contributed by atoms with Crippen LogP contribution in [-0.2, 0) is 0 Å². The first-order chi connectivity index (χ1) is 9.84. The smallest absolute Gasteiger partial charge is 0.186 e. The standard InChI is InChI=1S/C19H26O2/c1-17-8-3-4-15(17)14-6-5-13-12-19(20,21)11-10-18(13,2)16(14)7-9-17/h5-6,10-11,15-16,20-21H,3-4,7-9,12H2,1-2H3/t15-,16-,17-,18-/m0/s1. The minimum Gasteiger partial charge on any atom is -0.362 e. The van der Waals surface area contributed by atoms with Crippen LogP contribution in [0.1, 0.15) is 52.4 Å². The molecule has 2 heteroatoms. The maximum absolute atomic E-state index is 9.92. The normalized spacial score (nSPS) is 47.0. The van der Waals surface area contributed by atoms with E-state index in [4.69, 9.17) is 0 Å². The summed E-state index contributed by atoms with van der Waals surface area (Å²) < 4.78 is 0. The lowest BCUT2D eigenvalue weighted by molar-refractivity contribution is -0.123. The predicted molar refractivity (Wildman–Crippen MR) is 83.4 cm³/mol. The fourth-order valence-corrected chi connectivity index (χ4v) is 5.58. The van der Waals surface area contributed by atoms with Crippen molar-refractivity contribution < 1.29 is 10.2 Å². The van der Waals surface area contributed by atoms with Crippen molar-refractivity contribution in [1.29, 1.82) is 0 Å². The molecule has 0 unspecified atom stereocenters. The first kappa shape index (κ1) is 13.8. The molecule has 0 saturated heterocycles. The van der Waals surface area contributed by atoms with Gasteiger partial charge in [-0.2, -0.15) is 0 Å². The Kier molecular flexibility index (Phi) is 2.70. The molecular formula is C19H26O2. The van der Waals surface area contributed by atoms with E-state index in [1.54, 1.807) is 11.6 Å². The van der Waals surface area contributed by atoms with Gasteiger partial charge >= 0.3 is 0 Å². The summed E-state index contributed by atoms with van der Waals surface area (Å²) in [7, 11) is 0. The summed E-state index contributed by atoms with van der Waals surface area (Å²) in [5, 5.41) is 19.8. The minimum atomic E-state index is -1.66. The number of allylic oxidation sites excluding steroid dienone is 4. The number of rotatable bonds is 0. The van der Waals surface area contributed by atoms with Crippen molar-refractivity contribution in [1.82, 2.24) is 0 Å². The van der Waals surface area contributed by atoms with E-state index in [9.17, 15) is 10.2 Å². The molecular weight excluding hydrogens is 260 g/mol. The van der Waals surface area contributed by atoms with E-state index < -0.39 is 5.79 Å². The van der Waals surface area contributed by atoms with Crippen molar-refractivity contribution in [3.8, 4) is 0 Å². The molecule has 4 aliphatic rings. The minimum absolute atomic E-state index is 0.0109. The zero-order valence-electron chi connectivity index (χ0n) is 13.1. The topological polar surface area (TPSA) is 40.5 Å². The molecule has 2 N–H and O–H groups in total. The SMILES string of the molecule is C[C@@]12CCC[C@H]1C1=CC=C3CC(O)(O)C=C[C@]3(C)[C@H]1CC2. The molecule has 21 heavy (non-hydrogen) atoms.